The van der Waals surface area contributed by atoms with E-state index in [1.165, 1.54) is 11.8 Å². The lowest BCUT2D eigenvalue weighted by atomic mass is 10.2. The summed E-state index contributed by atoms with van der Waals surface area (Å²) in [7, 11) is 0.382. The third-order valence-corrected chi connectivity index (χ3v) is 4.92. The fourth-order valence-corrected chi connectivity index (χ4v) is 4.06. The fraction of sp³-hybridized carbons (Fsp3) is 0.417. The molecule has 0 spiro atoms. The number of sulfonamides is 1. The predicted molar refractivity (Wildman–Crippen MR) is 80.4 cm³/mol. The maximum atomic E-state index is 12.1. The molecule has 7 heteroatoms. The van der Waals surface area contributed by atoms with Gasteiger partial charge in [0.2, 0.25) is 0 Å². The lowest BCUT2D eigenvalue weighted by molar-refractivity contribution is 0.438. The second-order valence-corrected chi connectivity index (χ2v) is 7.30. The second-order valence-electron chi connectivity index (χ2n) is 4.65. The summed E-state index contributed by atoms with van der Waals surface area (Å²) in [5.74, 6) is 0.787. The Kier molecular flexibility index (Phi) is 4.17. The summed E-state index contributed by atoms with van der Waals surface area (Å²) in [5, 5.41) is 3.51. The van der Waals surface area contributed by atoms with Crippen molar-refractivity contribution in [1.82, 2.24) is 4.90 Å². The number of rotatable bonds is 3. The van der Waals surface area contributed by atoms with Gasteiger partial charge in [-0.1, -0.05) is 17.8 Å². The third kappa shape index (κ3) is 3.49. The molecule has 0 amide bonds. The Labute approximate surface area is 118 Å². The number of hydrogen-bond acceptors (Lipinski definition) is 5. The van der Waals surface area contributed by atoms with Crippen LogP contribution in [-0.2, 0) is 10.0 Å². The minimum atomic E-state index is -3.57. The van der Waals surface area contributed by atoms with Gasteiger partial charge in [0.1, 0.15) is 4.90 Å². The van der Waals surface area contributed by atoms with Crippen LogP contribution in [0.1, 0.15) is 5.56 Å². The van der Waals surface area contributed by atoms with Crippen molar-refractivity contribution in [3.63, 3.8) is 0 Å². The highest BCUT2D eigenvalue weighted by Crippen LogP contribution is 2.30. The zero-order chi connectivity index (χ0) is 14.0. The Morgan fingerprint density at radius 1 is 1.37 bits per heavy atom. The molecule has 19 heavy (non-hydrogen) atoms. The summed E-state index contributed by atoms with van der Waals surface area (Å²) >= 11 is 1.41. The topological polar surface area (TPSA) is 61.8 Å². The van der Waals surface area contributed by atoms with Crippen molar-refractivity contribution < 1.29 is 8.42 Å². The number of anilines is 1. The van der Waals surface area contributed by atoms with Crippen LogP contribution in [0.25, 0.3) is 0 Å². The van der Waals surface area contributed by atoms with E-state index in [-0.39, 0.29) is 4.90 Å². The fourth-order valence-electron chi connectivity index (χ4n) is 1.63. The van der Waals surface area contributed by atoms with Gasteiger partial charge in [-0.05, 0) is 38.7 Å². The first-order chi connectivity index (χ1) is 8.88. The van der Waals surface area contributed by atoms with Crippen molar-refractivity contribution in [2.75, 3.05) is 31.7 Å². The van der Waals surface area contributed by atoms with Crippen LogP contribution in [0.5, 0.6) is 0 Å². The van der Waals surface area contributed by atoms with Gasteiger partial charge < -0.3 is 10.2 Å². The van der Waals surface area contributed by atoms with E-state index in [2.05, 4.69) is 9.71 Å². The number of aryl methyl sites for hydroxylation is 1. The zero-order valence-corrected chi connectivity index (χ0v) is 12.8. The number of fused-ring (bicyclic) bond motifs is 1. The van der Waals surface area contributed by atoms with E-state index in [9.17, 15) is 8.42 Å². The van der Waals surface area contributed by atoms with Crippen molar-refractivity contribution in [3.8, 4) is 0 Å². The highest BCUT2D eigenvalue weighted by molar-refractivity contribution is 8.14. The van der Waals surface area contributed by atoms with Gasteiger partial charge >= 0.3 is 0 Å². The maximum absolute atomic E-state index is 12.1. The van der Waals surface area contributed by atoms with Crippen LogP contribution >= 0.6 is 11.8 Å². The number of thioether (sulfide) groups is 1. The molecule has 0 atom stereocenters. The van der Waals surface area contributed by atoms with Crippen molar-refractivity contribution >= 4 is 32.6 Å². The highest BCUT2D eigenvalue weighted by atomic mass is 32.2. The van der Waals surface area contributed by atoms with Gasteiger partial charge in [0.05, 0.1) is 5.69 Å². The van der Waals surface area contributed by atoms with E-state index in [4.69, 9.17) is 0 Å². The Morgan fingerprint density at radius 2 is 2.11 bits per heavy atom. The van der Waals surface area contributed by atoms with Crippen LogP contribution < -0.4 is 5.32 Å². The molecule has 0 radical (unpaired) electrons. The standard InChI is InChI=1S/C12H17N3O2S2/c1-9-4-5-10-11(8-9)19(16,17)14-12(13-10)18-7-6-15(2)3/h4-5,8H,6-7H2,1-3H3,(H,13,14). The van der Waals surface area contributed by atoms with Crippen LogP contribution in [0.3, 0.4) is 0 Å². The van der Waals surface area contributed by atoms with Crippen LogP contribution in [0.2, 0.25) is 0 Å². The minimum absolute atomic E-state index is 0.254. The maximum Gasteiger partial charge on any atom is 0.286 e. The Hall–Kier alpha value is -1.05. The molecule has 5 nitrogen and oxygen atoms in total. The molecule has 0 fully saturated rings. The van der Waals surface area contributed by atoms with E-state index >= 15 is 0 Å². The van der Waals surface area contributed by atoms with Gasteiger partial charge in [-0.25, -0.2) is 0 Å². The number of nitrogens with one attached hydrogen (secondary N) is 1. The SMILES string of the molecule is Cc1ccc2c(c1)S(=O)(=O)N=C(SCCN(C)C)N2. The molecule has 1 aliphatic heterocycles. The Morgan fingerprint density at radius 3 is 2.79 bits per heavy atom. The van der Waals surface area contributed by atoms with Gasteiger partial charge in [-0.15, -0.1) is 4.40 Å². The highest BCUT2D eigenvalue weighted by Gasteiger charge is 2.24. The molecule has 1 N–H and O–H groups in total. The van der Waals surface area contributed by atoms with E-state index in [0.717, 1.165) is 17.9 Å². The van der Waals surface area contributed by atoms with Gasteiger partial charge in [0.25, 0.3) is 10.0 Å². The summed E-state index contributed by atoms with van der Waals surface area (Å²) in [6.07, 6.45) is 0. The first kappa shape index (κ1) is 14.4. The normalized spacial score (nSPS) is 16.7. The molecular weight excluding hydrogens is 282 g/mol. The average Bonchev–Trinajstić information content (AvgIpc) is 2.29. The molecule has 2 rings (SSSR count). The largest absolute Gasteiger partial charge is 0.333 e. The molecule has 0 aliphatic carbocycles. The quantitative estimate of drug-likeness (QED) is 0.921. The summed E-state index contributed by atoms with van der Waals surface area (Å²) in [6, 6.07) is 5.31. The Balaban J connectivity index is 2.20. The molecule has 104 valence electrons. The van der Waals surface area contributed by atoms with Gasteiger partial charge in [-0.2, -0.15) is 8.42 Å². The summed E-state index contributed by atoms with van der Waals surface area (Å²) < 4.78 is 28.0. The molecule has 0 saturated heterocycles. The molecule has 0 unspecified atom stereocenters. The van der Waals surface area contributed by atoms with Gasteiger partial charge in [0.15, 0.2) is 5.17 Å². The van der Waals surface area contributed by atoms with Crippen molar-refractivity contribution in [2.45, 2.75) is 11.8 Å². The van der Waals surface area contributed by atoms with Crippen molar-refractivity contribution in [1.29, 1.82) is 0 Å². The molecule has 0 bridgehead atoms. The number of hydrogen-bond donors (Lipinski definition) is 1. The monoisotopic (exact) mass is 299 g/mol. The third-order valence-electron chi connectivity index (χ3n) is 2.64. The lowest BCUT2D eigenvalue weighted by Gasteiger charge is -2.18. The van der Waals surface area contributed by atoms with Crippen molar-refractivity contribution in [2.24, 2.45) is 4.40 Å². The molecule has 0 aromatic heterocycles. The molecule has 1 heterocycles. The van der Waals surface area contributed by atoms with E-state index in [1.54, 1.807) is 12.1 Å². The van der Waals surface area contributed by atoms with Crippen molar-refractivity contribution in [3.05, 3.63) is 23.8 Å². The second kappa shape index (κ2) is 5.52. The van der Waals surface area contributed by atoms with Gasteiger partial charge in [0, 0.05) is 12.3 Å². The van der Waals surface area contributed by atoms with Crippen LogP contribution in [0, 0.1) is 6.92 Å². The van der Waals surface area contributed by atoms with Crippen LogP contribution in [0.15, 0.2) is 27.5 Å². The number of benzene rings is 1. The Bertz CT molecular complexity index is 609. The molecule has 1 aliphatic rings. The zero-order valence-electron chi connectivity index (χ0n) is 11.2. The summed E-state index contributed by atoms with van der Waals surface area (Å²) in [5.41, 5.74) is 1.51. The number of nitrogens with zero attached hydrogens (tertiary/aromatic N) is 2. The minimum Gasteiger partial charge on any atom is -0.333 e. The van der Waals surface area contributed by atoms with Crippen LogP contribution in [-0.4, -0.2) is 44.9 Å². The average molecular weight is 299 g/mol. The van der Waals surface area contributed by atoms with Crippen LogP contribution in [0.4, 0.5) is 5.69 Å². The summed E-state index contributed by atoms with van der Waals surface area (Å²) in [4.78, 5) is 2.30. The molecule has 0 saturated carbocycles. The summed E-state index contributed by atoms with van der Waals surface area (Å²) in [6.45, 7) is 2.73. The molecule has 1 aromatic rings. The molecule has 1 aromatic carbocycles. The van der Waals surface area contributed by atoms with E-state index in [0.29, 0.717) is 10.9 Å². The predicted octanol–water partition coefficient (Wildman–Crippen LogP) is 1.76. The van der Waals surface area contributed by atoms with E-state index in [1.807, 2.05) is 32.0 Å². The number of amidine groups is 1. The molecular formula is C12H17N3O2S2. The smallest absolute Gasteiger partial charge is 0.286 e. The van der Waals surface area contributed by atoms with Gasteiger partial charge in [-0.3, -0.25) is 0 Å². The first-order valence-electron chi connectivity index (χ1n) is 5.89. The van der Waals surface area contributed by atoms with E-state index < -0.39 is 10.0 Å². The lowest BCUT2D eigenvalue weighted by Crippen LogP contribution is -2.21. The first-order valence-corrected chi connectivity index (χ1v) is 8.31.